The Morgan fingerprint density at radius 1 is 1.33 bits per heavy atom. The zero-order chi connectivity index (χ0) is 6.69. The molecule has 2 heteroatoms. The molecule has 1 saturated heterocycles. The first-order chi connectivity index (χ1) is 4.29. The lowest BCUT2D eigenvalue weighted by molar-refractivity contribution is 0.305. The summed E-state index contributed by atoms with van der Waals surface area (Å²) in [5.74, 6) is 0. The Morgan fingerprint density at radius 3 is 2.89 bits per heavy atom. The van der Waals surface area contributed by atoms with Gasteiger partial charge in [0.25, 0.3) is 0 Å². The van der Waals surface area contributed by atoms with Gasteiger partial charge in [0.15, 0.2) is 0 Å². The van der Waals surface area contributed by atoms with Crippen LogP contribution in [0.25, 0.3) is 0 Å². The summed E-state index contributed by atoms with van der Waals surface area (Å²) in [6.07, 6.45) is 1.88. The zero-order valence-electron chi connectivity index (χ0n) is 5.86. The molecular weight excluding hydrogens is 117 g/mol. The third-order valence-corrected chi connectivity index (χ3v) is 1.86. The number of hydrogen-bond acceptors (Lipinski definition) is 1. The largest absolute Gasteiger partial charge is 0.314 e. The number of alkyl halides is 1. The second-order valence-electron chi connectivity index (χ2n) is 2.82. The predicted molar refractivity (Wildman–Crippen MR) is 36.2 cm³/mol. The van der Waals surface area contributed by atoms with Crippen LogP contribution < -0.4 is 5.32 Å². The van der Waals surface area contributed by atoms with E-state index in [1.165, 1.54) is 0 Å². The van der Waals surface area contributed by atoms with Gasteiger partial charge in [-0.15, -0.1) is 0 Å². The molecule has 0 bridgehead atoms. The van der Waals surface area contributed by atoms with Gasteiger partial charge in [0.2, 0.25) is 0 Å². The standard InChI is InChI=1S/C7H14FN/c1-6-2-3-7(8)4-5-9-6/h6-7,9H,2-5H2,1H3/t6-,7?/m1/s1. The van der Waals surface area contributed by atoms with E-state index < -0.39 is 6.17 Å². The highest BCUT2D eigenvalue weighted by Crippen LogP contribution is 2.11. The molecule has 0 aromatic carbocycles. The summed E-state index contributed by atoms with van der Waals surface area (Å²) in [7, 11) is 0. The van der Waals surface area contributed by atoms with Crippen LogP contribution in [-0.4, -0.2) is 18.8 Å². The van der Waals surface area contributed by atoms with Gasteiger partial charge in [0.1, 0.15) is 6.17 Å². The van der Waals surface area contributed by atoms with Gasteiger partial charge in [-0.3, -0.25) is 0 Å². The van der Waals surface area contributed by atoms with Crippen molar-refractivity contribution in [3.63, 3.8) is 0 Å². The van der Waals surface area contributed by atoms with E-state index in [1.54, 1.807) is 0 Å². The molecule has 1 heterocycles. The Bertz CT molecular complexity index is 75.0. The number of nitrogens with one attached hydrogen (secondary N) is 1. The zero-order valence-corrected chi connectivity index (χ0v) is 5.86. The van der Waals surface area contributed by atoms with Crippen LogP contribution in [0.5, 0.6) is 0 Å². The molecule has 9 heavy (non-hydrogen) atoms. The molecule has 1 fully saturated rings. The summed E-state index contributed by atoms with van der Waals surface area (Å²) in [5.41, 5.74) is 0. The molecule has 0 saturated carbocycles. The second-order valence-corrected chi connectivity index (χ2v) is 2.82. The van der Waals surface area contributed by atoms with E-state index in [-0.39, 0.29) is 0 Å². The van der Waals surface area contributed by atoms with E-state index in [9.17, 15) is 4.39 Å². The minimum atomic E-state index is -0.553. The summed E-state index contributed by atoms with van der Waals surface area (Å²) in [6.45, 7) is 2.96. The SMILES string of the molecule is C[C@@H]1CCC(F)CCN1. The summed E-state index contributed by atoms with van der Waals surface area (Å²) >= 11 is 0. The van der Waals surface area contributed by atoms with E-state index >= 15 is 0 Å². The van der Waals surface area contributed by atoms with Gasteiger partial charge in [0.05, 0.1) is 0 Å². The highest BCUT2D eigenvalue weighted by molar-refractivity contribution is 4.70. The quantitative estimate of drug-likeness (QED) is 0.525. The monoisotopic (exact) mass is 131 g/mol. The molecular formula is C7H14FN. The molecule has 0 spiro atoms. The Hall–Kier alpha value is -0.110. The highest BCUT2D eigenvalue weighted by atomic mass is 19.1. The third kappa shape index (κ3) is 2.31. The summed E-state index contributed by atoms with van der Waals surface area (Å²) < 4.78 is 12.6. The summed E-state index contributed by atoms with van der Waals surface area (Å²) in [6, 6.07) is 0.519. The molecule has 0 amide bonds. The fourth-order valence-corrected chi connectivity index (χ4v) is 1.16. The Labute approximate surface area is 55.6 Å². The second kappa shape index (κ2) is 3.16. The van der Waals surface area contributed by atoms with E-state index in [1.807, 2.05) is 0 Å². The van der Waals surface area contributed by atoms with Gasteiger partial charge in [0, 0.05) is 6.04 Å². The fraction of sp³-hybridized carbons (Fsp3) is 1.00. The van der Waals surface area contributed by atoms with Gasteiger partial charge in [-0.2, -0.15) is 0 Å². The topological polar surface area (TPSA) is 12.0 Å². The first-order valence-electron chi connectivity index (χ1n) is 3.66. The highest BCUT2D eigenvalue weighted by Gasteiger charge is 2.13. The maximum Gasteiger partial charge on any atom is 0.101 e. The van der Waals surface area contributed by atoms with E-state index in [2.05, 4.69) is 12.2 Å². The van der Waals surface area contributed by atoms with E-state index in [0.717, 1.165) is 19.4 Å². The Kier molecular flexibility index (Phi) is 2.46. The molecule has 1 N–H and O–H groups in total. The minimum Gasteiger partial charge on any atom is -0.314 e. The van der Waals surface area contributed by atoms with Gasteiger partial charge < -0.3 is 5.32 Å². The Balaban J connectivity index is 2.25. The molecule has 1 unspecified atom stereocenters. The van der Waals surface area contributed by atoms with Crippen molar-refractivity contribution in [2.75, 3.05) is 6.54 Å². The van der Waals surface area contributed by atoms with Gasteiger partial charge >= 0.3 is 0 Å². The minimum absolute atomic E-state index is 0.519. The average molecular weight is 131 g/mol. The lowest BCUT2D eigenvalue weighted by Gasteiger charge is -2.06. The van der Waals surface area contributed by atoms with Crippen LogP contribution in [0.1, 0.15) is 26.2 Å². The molecule has 1 rings (SSSR count). The fourth-order valence-electron chi connectivity index (χ4n) is 1.16. The van der Waals surface area contributed by atoms with Crippen molar-refractivity contribution >= 4 is 0 Å². The van der Waals surface area contributed by atoms with Crippen LogP contribution in [0.3, 0.4) is 0 Å². The summed E-state index contributed by atoms with van der Waals surface area (Å²) in [4.78, 5) is 0. The molecule has 0 aromatic rings. The van der Waals surface area contributed by atoms with Crippen LogP contribution in [-0.2, 0) is 0 Å². The van der Waals surface area contributed by atoms with Crippen molar-refractivity contribution in [2.45, 2.75) is 38.4 Å². The number of hydrogen-bond donors (Lipinski definition) is 1. The van der Waals surface area contributed by atoms with E-state index in [4.69, 9.17) is 0 Å². The van der Waals surface area contributed by atoms with E-state index in [0.29, 0.717) is 12.5 Å². The third-order valence-electron chi connectivity index (χ3n) is 1.86. The van der Waals surface area contributed by atoms with Crippen LogP contribution >= 0.6 is 0 Å². The van der Waals surface area contributed by atoms with Crippen LogP contribution in [0.2, 0.25) is 0 Å². The summed E-state index contributed by atoms with van der Waals surface area (Å²) in [5, 5.41) is 3.23. The molecule has 1 nitrogen and oxygen atoms in total. The van der Waals surface area contributed by atoms with Crippen molar-refractivity contribution in [2.24, 2.45) is 0 Å². The van der Waals surface area contributed by atoms with Crippen LogP contribution in [0.15, 0.2) is 0 Å². The van der Waals surface area contributed by atoms with Gasteiger partial charge in [-0.1, -0.05) is 0 Å². The maximum absolute atomic E-state index is 12.6. The van der Waals surface area contributed by atoms with Crippen molar-refractivity contribution in [3.05, 3.63) is 0 Å². The van der Waals surface area contributed by atoms with Crippen molar-refractivity contribution in [1.29, 1.82) is 0 Å². The molecule has 2 atom stereocenters. The van der Waals surface area contributed by atoms with Crippen LogP contribution in [0, 0.1) is 0 Å². The molecule has 0 aromatic heterocycles. The normalized spacial score (nSPS) is 38.0. The van der Waals surface area contributed by atoms with Crippen molar-refractivity contribution in [3.8, 4) is 0 Å². The lowest BCUT2D eigenvalue weighted by atomic mass is 10.1. The molecule has 54 valence electrons. The number of rotatable bonds is 0. The Morgan fingerprint density at radius 2 is 2.11 bits per heavy atom. The molecule has 1 aliphatic rings. The predicted octanol–water partition coefficient (Wildman–Crippen LogP) is 1.49. The first-order valence-corrected chi connectivity index (χ1v) is 3.66. The number of halogens is 1. The van der Waals surface area contributed by atoms with Crippen LogP contribution in [0.4, 0.5) is 4.39 Å². The van der Waals surface area contributed by atoms with Crippen molar-refractivity contribution < 1.29 is 4.39 Å². The van der Waals surface area contributed by atoms with Gasteiger partial charge in [-0.25, -0.2) is 4.39 Å². The molecule has 0 aliphatic carbocycles. The first kappa shape index (κ1) is 7.00. The average Bonchev–Trinajstić information content (AvgIpc) is 1.97. The molecule has 0 radical (unpaired) electrons. The van der Waals surface area contributed by atoms with Gasteiger partial charge in [-0.05, 0) is 32.7 Å². The molecule has 1 aliphatic heterocycles. The lowest BCUT2D eigenvalue weighted by Crippen LogP contribution is -2.24. The smallest absolute Gasteiger partial charge is 0.101 e. The van der Waals surface area contributed by atoms with Crippen molar-refractivity contribution in [1.82, 2.24) is 5.32 Å². The maximum atomic E-state index is 12.6.